The highest BCUT2D eigenvalue weighted by Crippen LogP contribution is 2.23. The molecular weight excluding hydrogens is 186 g/mol. The third kappa shape index (κ3) is 3.27. The van der Waals surface area contributed by atoms with Crippen LogP contribution in [0.3, 0.4) is 0 Å². The average Bonchev–Trinajstić information content (AvgIpc) is 2.28. The van der Waals surface area contributed by atoms with Gasteiger partial charge in [0.1, 0.15) is 6.33 Å². The van der Waals surface area contributed by atoms with Gasteiger partial charge >= 0.3 is 0 Å². The Balaban J connectivity index is 1.78. The van der Waals surface area contributed by atoms with Crippen LogP contribution < -0.4 is 5.32 Å². The summed E-state index contributed by atoms with van der Waals surface area (Å²) < 4.78 is 0. The van der Waals surface area contributed by atoms with E-state index in [4.69, 9.17) is 0 Å². The Hall–Kier alpha value is -0.960. The molecule has 15 heavy (non-hydrogen) atoms. The largest absolute Gasteiger partial charge is 0.308 e. The van der Waals surface area contributed by atoms with Crippen molar-refractivity contribution in [3.63, 3.8) is 0 Å². The minimum absolute atomic E-state index is 0.684. The third-order valence-corrected chi connectivity index (χ3v) is 3.15. The minimum atomic E-state index is 0.684. The molecule has 0 aliphatic heterocycles. The third-order valence-electron chi connectivity index (χ3n) is 3.15. The lowest BCUT2D eigenvalue weighted by Crippen LogP contribution is -2.33. The first-order chi connectivity index (χ1) is 7.34. The molecule has 1 aliphatic rings. The summed E-state index contributed by atoms with van der Waals surface area (Å²) in [5.74, 6) is 0.877. The zero-order valence-electron chi connectivity index (χ0n) is 9.32. The summed E-state index contributed by atoms with van der Waals surface area (Å²) in [5.41, 5.74) is 1.09. The molecule has 82 valence electrons. The lowest BCUT2D eigenvalue weighted by atomic mass is 9.87. The molecule has 0 aromatic carbocycles. The molecular formula is C12H19N3. The quantitative estimate of drug-likeness (QED) is 0.821. The molecule has 1 fully saturated rings. The SMILES string of the molecule is CC1CCCC(NCc2ccncn2)C1. The molecule has 3 nitrogen and oxygen atoms in total. The van der Waals surface area contributed by atoms with E-state index in [9.17, 15) is 0 Å². The standard InChI is InChI=1S/C12H19N3/c1-10-3-2-4-11(7-10)14-8-12-5-6-13-9-15-12/h5-6,9-11,14H,2-4,7-8H2,1H3. The van der Waals surface area contributed by atoms with E-state index in [-0.39, 0.29) is 0 Å². The summed E-state index contributed by atoms with van der Waals surface area (Å²) in [6.07, 6.45) is 8.79. The van der Waals surface area contributed by atoms with Gasteiger partial charge in [0.2, 0.25) is 0 Å². The summed E-state index contributed by atoms with van der Waals surface area (Å²) in [6, 6.07) is 2.66. The van der Waals surface area contributed by atoms with Crippen LogP contribution in [0.4, 0.5) is 0 Å². The Morgan fingerprint density at radius 1 is 1.47 bits per heavy atom. The van der Waals surface area contributed by atoms with Gasteiger partial charge < -0.3 is 5.32 Å². The van der Waals surface area contributed by atoms with E-state index < -0.39 is 0 Å². The van der Waals surface area contributed by atoms with Gasteiger partial charge in [0.05, 0.1) is 5.69 Å². The number of hydrogen-bond donors (Lipinski definition) is 1. The van der Waals surface area contributed by atoms with Crippen LogP contribution in [0.15, 0.2) is 18.6 Å². The molecule has 0 radical (unpaired) electrons. The van der Waals surface area contributed by atoms with Gasteiger partial charge in [-0.2, -0.15) is 0 Å². The van der Waals surface area contributed by atoms with E-state index in [2.05, 4.69) is 22.2 Å². The van der Waals surface area contributed by atoms with Crippen LogP contribution in [0, 0.1) is 5.92 Å². The highest BCUT2D eigenvalue weighted by molar-refractivity contribution is 4.97. The second-order valence-corrected chi connectivity index (χ2v) is 4.55. The van der Waals surface area contributed by atoms with Crippen molar-refractivity contribution in [1.82, 2.24) is 15.3 Å². The molecule has 1 aliphatic carbocycles. The van der Waals surface area contributed by atoms with Crippen molar-refractivity contribution in [3.05, 3.63) is 24.3 Å². The molecule has 1 heterocycles. The maximum absolute atomic E-state index is 4.21. The summed E-state index contributed by atoms with van der Waals surface area (Å²) in [7, 11) is 0. The number of nitrogens with zero attached hydrogens (tertiary/aromatic N) is 2. The van der Waals surface area contributed by atoms with E-state index in [1.54, 1.807) is 12.5 Å². The van der Waals surface area contributed by atoms with Crippen molar-refractivity contribution in [2.45, 2.75) is 45.2 Å². The van der Waals surface area contributed by atoms with E-state index in [0.29, 0.717) is 6.04 Å². The lowest BCUT2D eigenvalue weighted by molar-refractivity contribution is 0.300. The van der Waals surface area contributed by atoms with Crippen molar-refractivity contribution in [2.75, 3.05) is 0 Å². The predicted molar refractivity (Wildman–Crippen MR) is 60.3 cm³/mol. The fourth-order valence-electron chi connectivity index (χ4n) is 2.29. The Labute approximate surface area is 91.3 Å². The normalized spacial score (nSPS) is 26.5. The van der Waals surface area contributed by atoms with Gasteiger partial charge in [0.25, 0.3) is 0 Å². The van der Waals surface area contributed by atoms with E-state index in [0.717, 1.165) is 18.2 Å². The van der Waals surface area contributed by atoms with Gasteiger partial charge in [-0.15, -0.1) is 0 Å². The van der Waals surface area contributed by atoms with E-state index in [1.165, 1.54) is 25.7 Å². The Bertz CT molecular complexity index is 286. The molecule has 1 N–H and O–H groups in total. The molecule has 0 amide bonds. The number of rotatable bonds is 3. The molecule has 3 heteroatoms. The Kier molecular flexibility index (Phi) is 3.67. The lowest BCUT2D eigenvalue weighted by Gasteiger charge is -2.27. The smallest absolute Gasteiger partial charge is 0.115 e. The van der Waals surface area contributed by atoms with Crippen LogP contribution in [-0.4, -0.2) is 16.0 Å². The molecule has 1 saturated carbocycles. The number of aromatic nitrogens is 2. The van der Waals surface area contributed by atoms with Crippen molar-refractivity contribution in [3.8, 4) is 0 Å². The van der Waals surface area contributed by atoms with Gasteiger partial charge in [0.15, 0.2) is 0 Å². The predicted octanol–water partition coefficient (Wildman–Crippen LogP) is 2.14. The van der Waals surface area contributed by atoms with Crippen molar-refractivity contribution >= 4 is 0 Å². The molecule has 1 aromatic heterocycles. The summed E-state index contributed by atoms with van der Waals surface area (Å²) in [4.78, 5) is 8.12. The topological polar surface area (TPSA) is 37.8 Å². The molecule has 0 saturated heterocycles. The van der Waals surface area contributed by atoms with Gasteiger partial charge in [-0.3, -0.25) is 0 Å². The van der Waals surface area contributed by atoms with Crippen molar-refractivity contribution < 1.29 is 0 Å². The first kappa shape index (κ1) is 10.6. The van der Waals surface area contributed by atoms with Gasteiger partial charge in [-0.05, 0) is 24.8 Å². The van der Waals surface area contributed by atoms with E-state index in [1.807, 2.05) is 6.07 Å². The van der Waals surface area contributed by atoms with Crippen molar-refractivity contribution in [2.24, 2.45) is 5.92 Å². The zero-order valence-corrected chi connectivity index (χ0v) is 9.32. The summed E-state index contributed by atoms with van der Waals surface area (Å²) in [6.45, 7) is 3.22. The fourth-order valence-corrected chi connectivity index (χ4v) is 2.29. The Morgan fingerprint density at radius 2 is 2.40 bits per heavy atom. The first-order valence-electron chi connectivity index (χ1n) is 5.83. The van der Waals surface area contributed by atoms with Crippen LogP contribution in [0.1, 0.15) is 38.3 Å². The summed E-state index contributed by atoms with van der Waals surface area (Å²) in [5, 5.41) is 3.58. The Morgan fingerprint density at radius 3 is 3.13 bits per heavy atom. The first-order valence-corrected chi connectivity index (χ1v) is 5.83. The van der Waals surface area contributed by atoms with Crippen LogP contribution in [0.5, 0.6) is 0 Å². The maximum Gasteiger partial charge on any atom is 0.115 e. The number of nitrogens with one attached hydrogen (secondary N) is 1. The second kappa shape index (κ2) is 5.21. The van der Waals surface area contributed by atoms with Crippen LogP contribution in [-0.2, 0) is 6.54 Å². The van der Waals surface area contributed by atoms with Gasteiger partial charge in [0, 0.05) is 18.8 Å². The van der Waals surface area contributed by atoms with Crippen LogP contribution in [0.25, 0.3) is 0 Å². The van der Waals surface area contributed by atoms with E-state index >= 15 is 0 Å². The average molecular weight is 205 g/mol. The molecule has 0 spiro atoms. The van der Waals surface area contributed by atoms with Gasteiger partial charge in [-0.25, -0.2) is 9.97 Å². The van der Waals surface area contributed by atoms with Crippen LogP contribution >= 0.6 is 0 Å². The molecule has 1 aromatic rings. The summed E-state index contributed by atoms with van der Waals surface area (Å²) >= 11 is 0. The minimum Gasteiger partial charge on any atom is -0.308 e. The molecule has 0 bridgehead atoms. The monoisotopic (exact) mass is 205 g/mol. The van der Waals surface area contributed by atoms with Crippen LogP contribution in [0.2, 0.25) is 0 Å². The highest BCUT2D eigenvalue weighted by Gasteiger charge is 2.17. The fraction of sp³-hybridized carbons (Fsp3) is 0.667. The molecule has 2 atom stereocenters. The number of hydrogen-bond acceptors (Lipinski definition) is 3. The maximum atomic E-state index is 4.21. The zero-order chi connectivity index (χ0) is 10.5. The second-order valence-electron chi connectivity index (χ2n) is 4.55. The molecule has 2 unspecified atom stereocenters. The molecule has 2 rings (SSSR count). The van der Waals surface area contributed by atoms with Crippen molar-refractivity contribution in [1.29, 1.82) is 0 Å². The van der Waals surface area contributed by atoms with Gasteiger partial charge in [-0.1, -0.05) is 19.8 Å². The highest BCUT2D eigenvalue weighted by atomic mass is 14.9.